The Hall–Kier alpha value is -0.0400. The Morgan fingerprint density at radius 2 is 1.50 bits per heavy atom. The summed E-state index contributed by atoms with van der Waals surface area (Å²) in [6.45, 7) is 4.28. The van der Waals surface area contributed by atoms with Crippen LogP contribution in [0.5, 0.6) is 0 Å². The predicted octanol–water partition coefficient (Wildman–Crippen LogP) is 3.51. The van der Waals surface area contributed by atoms with E-state index < -0.39 is 0 Å². The number of hydrogen-bond donors (Lipinski definition) is 1. The molecule has 0 spiro atoms. The molecule has 1 nitrogen and oxygen atoms in total. The minimum absolute atomic E-state index is 0.0452. The normalized spacial score (nSPS) is 13.2. The highest BCUT2D eigenvalue weighted by Crippen LogP contribution is 2.09. The molecule has 1 atom stereocenters. The van der Waals surface area contributed by atoms with Gasteiger partial charge in [0.25, 0.3) is 0 Å². The van der Waals surface area contributed by atoms with Crippen molar-refractivity contribution in [3.63, 3.8) is 0 Å². The molecule has 0 saturated carbocycles. The lowest BCUT2D eigenvalue weighted by molar-refractivity contribution is 0.156. The Kier molecular flexibility index (Phi) is 9.02. The van der Waals surface area contributed by atoms with Gasteiger partial charge in [-0.2, -0.15) is 0 Å². The van der Waals surface area contributed by atoms with E-state index in [1.807, 2.05) is 6.92 Å². The SMILES string of the molecule is CCCCCCCC[C@H](O)CC. The summed E-state index contributed by atoms with van der Waals surface area (Å²) in [5, 5.41) is 9.26. The van der Waals surface area contributed by atoms with Crippen LogP contribution < -0.4 is 0 Å². The fourth-order valence-corrected chi connectivity index (χ4v) is 1.36. The van der Waals surface area contributed by atoms with Crippen molar-refractivity contribution in [1.82, 2.24) is 0 Å². The highest BCUT2D eigenvalue weighted by atomic mass is 16.3. The van der Waals surface area contributed by atoms with Crippen molar-refractivity contribution in [2.24, 2.45) is 0 Å². The van der Waals surface area contributed by atoms with Crippen LogP contribution in [0, 0.1) is 0 Å². The van der Waals surface area contributed by atoms with Crippen LogP contribution in [0.25, 0.3) is 0 Å². The Balaban J connectivity index is 2.90. The van der Waals surface area contributed by atoms with E-state index in [1.165, 1.54) is 38.5 Å². The Morgan fingerprint density at radius 1 is 0.917 bits per heavy atom. The van der Waals surface area contributed by atoms with Crippen LogP contribution in [-0.2, 0) is 0 Å². The summed E-state index contributed by atoms with van der Waals surface area (Å²) in [6.07, 6.45) is 9.79. The lowest BCUT2D eigenvalue weighted by Crippen LogP contribution is -2.03. The van der Waals surface area contributed by atoms with Crippen LogP contribution in [0.1, 0.15) is 65.2 Å². The van der Waals surface area contributed by atoms with Gasteiger partial charge in [-0.05, 0) is 12.8 Å². The standard InChI is InChI=1S/C11H24O/c1-3-5-6-7-8-9-10-11(12)4-2/h11-12H,3-10H2,1-2H3/t11-/m1/s1. The molecular weight excluding hydrogens is 148 g/mol. The molecule has 0 radical (unpaired) electrons. The lowest BCUT2D eigenvalue weighted by atomic mass is 10.1. The van der Waals surface area contributed by atoms with E-state index in [0.717, 1.165) is 12.8 Å². The molecule has 0 heterocycles. The van der Waals surface area contributed by atoms with Crippen LogP contribution >= 0.6 is 0 Å². The Labute approximate surface area is 77.2 Å². The number of aliphatic hydroxyl groups excluding tert-OH is 1. The zero-order valence-electron chi connectivity index (χ0n) is 8.68. The molecule has 0 rings (SSSR count). The first-order valence-electron chi connectivity index (χ1n) is 5.49. The summed E-state index contributed by atoms with van der Waals surface area (Å²) in [5.74, 6) is 0. The van der Waals surface area contributed by atoms with E-state index in [-0.39, 0.29) is 6.10 Å². The van der Waals surface area contributed by atoms with Gasteiger partial charge in [-0.25, -0.2) is 0 Å². The quantitative estimate of drug-likeness (QED) is 0.555. The average molecular weight is 172 g/mol. The van der Waals surface area contributed by atoms with Gasteiger partial charge in [0.15, 0.2) is 0 Å². The van der Waals surface area contributed by atoms with Crippen LogP contribution in [0.4, 0.5) is 0 Å². The Bertz CT molecular complexity index is 81.1. The highest BCUT2D eigenvalue weighted by Gasteiger charge is 1.98. The largest absolute Gasteiger partial charge is 0.393 e. The minimum atomic E-state index is -0.0452. The number of unbranched alkanes of at least 4 members (excludes halogenated alkanes) is 5. The molecule has 1 heteroatoms. The third-order valence-electron chi connectivity index (χ3n) is 2.36. The molecule has 0 aliphatic heterocycles. The molecule has 74 valence electrons. The van der Waals surface area contributed by atoms with Crippen molar-refractivity contribution in [3.8, 4) is 0 Å². The molecule has 0 unspecified atom stereocenters. The van der Waals surface area contributed by atoms with Gasteiger partial charge < -0.3 is 5.11 Å². The first-order chi connectivity index (χ1) is 5.81. The molecular formula is C11H24O. The second-order valence-electron chi connectivity index (χ2n) is 3.62. The van der Waals surface area contributed by atoms with Gasteiger partial charge in [-0.3, -0.25) is 0 Å². The van der Waals surface area contributed by atoms with Gasteiger partial charge in [0.1, 0.15) is 0 Å². The van der Waals surface area contributed by atoms with Crippen LogP contribution in [0.3, 0.4) is 0 Å². The highest BCUT2D eigenvalue weighted by molar-refractivity contribution is 4.52. The van der Waals surface area contributed by atoms with Crippen LogP contribution in [0.2, 0.25) is 0 Å². The summed E-state index contributed by atoms with van der Waals surface area (Å²) < 4.78 is 0. The zero-order chi connectivity index (χ0) is 9.23. The van der Waals surface area contributed by atoms with E-state index >= 15 is 0 Å². The third kappa shape index (κ3) is 8.06. The molecule has 0 aromatic carbocycles. The maximum Gasteiger partial charge on any atom is 0.0537 e. The molecule has 0 fully saturated rings. The van der Waals surface area contributed by atoms with Crippen molar-refractivity contribution >= 4 is 0 Å². The molecule has 0 saturated heterocycles. The lowest BCUT2D eigenvalue weighted by Gasteiger charge is -2.06. The molecule has 0 amide bonds. The van der Waals surface area contributed by atoms with Gasteiger partial charge in [0.05, 0.1) is 6.10 Å². The molecule has 0 aliphatic carbocycles. The molecule has 12 heavy (non-hydrogen) atoms. The van der Waals surface area contributed by atoms with E-state index in [0.29, 0.717) is 0 Å². The van der Waals surface area contributed by atoms with Gasteiger partial charge in [0, 0.05) is 0 Å². The van der Waals surface area contributed by atoms with Crippen molar-refractivity contribution in [2.75, 3.05) is 0 Å². The predicted molar refractivity (Wildman–Crippen MR) is 54.3 cm³/mol. The summed E-state index contributed by atoms with van der Waals surface area (Å²) in [6, 6.07) is 0. The van der Waals surface area contributed by atoms with Crippen LogP contribution in [-0.4, -0.2) is 11.2 Å². The average Bonchev–Trinajstić information content (AvgIpc) is 2.10. The molecule has 1 N–H and O–H groups in total. The molecule has 0 bridgehead atoms. The maximum absolute atomic E-state index is 9.26. The van der Waals surface area contributed by atoms with E-state index in [2.05, 4.69) is 6.92 Å². The van der Waals surface area contributed by atoms with Gasteiger partial charge >= 0.3 is 0 Å². The van der Waals surface area contributed by atoms with Crippen molar-refractivity contribution in [3.05, 3.63) is 0 Å². The minimum Gasteiger partial charge on any atom is -0.393 e. The summed E-state index contributed by atoms with van der Waals surface area (Å²) in [5.41, 5.74) is 0. The van der Waals surface area contributed by atoms with Crippen LogP contribution in [0.15, 0.2) is 0 Å². The third-order valence-corrected chi connectivity index (χ3v) is 2.36. The van der Waals surface area contributed by atoms with Crippen molar-refractivity contribution < 1.29 is 5.11 Å². The second kappa shape index (κ2) is 9.05. The van der Waals surface area contributed by atoms with Gasteiger partial charge in [0.2, 0.25) is 0 Å². The number of rotatable bonds is 8. The molecule has 0 aromatic heterocycles. The van der Waals surface area contributed by atoms with E-state index in [1.54, 1.807) is 0 Å². The monoisotopic (exact) mass is 172 g/mol. The summed E-state index contributed by atoms with van der Waals surface area (Å²) in [4.78, 5) is 0. The Morgan fingerprint density at radius 3 is 2.08 bits per heavy atom. The fraction of sp³-hybridized carbons (Fsp3) is 1.00. The number of hydrogen-bond acceptors (Lipinski definition) is 1. The second-order valence-corrected chi connectivity index (χ2v) is 3.62. The van der Waals surface area contributed by atoms with Gasteiger partial charge in [-0.15, -0.1) is 0 Å². The zero-order valence-corrected chi connectivity index (χ0v) is 8.68. The topological polar surface area (TPSA) is 20.2 Å². The van der Waals surface area contributed by atoms with E-state index in [9.17, 15) is 5.11 Å². The fourth-order valence-electron chi connectivity index (χ4n) is 1.36. The maximum atomic E-state index is 9.26. The van der Waals surface area contributed by atoms with Crippen molar-refractivity contribution in [2.45, 2.75) is 71.3 Å². The van der Waals surface area contributed by atoms with Gasteiger partial charge in [-0.1, -0.05) is 52.4 Å². The first-order valence-corrected chi connectivity index (χ1v) is 5.49. The molecule has 0 aliphatic rings. The number of aliphatic hydroxyl groups is 1. The molecule has 0 aromatic rings. The summed E-state index contributed by atoms with van der Waals surface area (Å²) in [7, 11) is 0. The summed E-state index contributed by atoms with van der Waals surface area (Å²) >= 11 is 0. The van der Waals surface area contributed by atoms with Crippen molar-refractivity contribution in [1.29, 1.82) is 0 Å². The smallest absolute Gasteiger partial charge is 0.0537 e. The van der Waals surface area contributed by atoms with E-state index in [4.69, 9.17) is 0 Å². The first kappa shape index (κ1) is 12.0.